The van der Waals surface area contributed by atoms with E-state index in [-0.39, 0.29) is 36.2 Å². The molecule has 0 unspecified atom stereocenters. The first-order chi connectivity index (χ1) is 12.3. The van der Waals surface area contributed by atoms with E-state index in [0.29, 0.717) is 38.8 Å². The number of likely N-dealkylation sites (tertiary alicyclic amines) is 1. The molecule has 2 fully saturated rings. The number of hydrogen-bond acceptors (Lipinski definition) is 6. The SMILES string of the molecule is COC(=O)C1CCN(C(=O)[C@H](OC(=O)[C@@H]2CCC(=O)NC2)C(C)C)CC1. The Morgan fingerprint density at radius 3 is 2.23 bits per heavy atom. The van der Waals surface area contributed by atoms with Crippen molar-refractivity contribution in [3.63, 3.8) is 0 Å². The molecule has 0 aliphatic carbocycles. The second-order valence-electron chi connectivity index (χ2n) is 7.26. The molecular weight excluding hydrogens is 340 g/mol. The number of rotatable bonds is 5. The zero-order chi connectivity index (χ0) is 19.3. The van der Waals surface area contributed by atoms with Crippen LogP contribution in [0.4, 0.5) is 0 Å². The standard InChI is InChI=1S/C18H28N2O6/c1-11(2)15(26-18(24)13-4-5-14(21)19-10-13)16(22)20-8-6-12(7-9-20)17(23)25-3/h11-13,15H,4-10H2,1-3H3,(H,19,21)/t13-,15-/m1/s1. The molecule has 2 heterocycles. The summed E-state index contributed by atoms with van der Waals surface area (Å²) in [6.45, 7) is 4.80. The average molecular weight is 368 g/mol. The monoisotopic (exact) mass is 368 g/mol. The molecule has 8 nitrogen and oxygen atoms in total. The van der Waals surface area contributed by atoms with E-state index in [1.54, 1.807) is 4.90 Å². The number of carbonyl (C=O) groups excluding carboxylic acids is 4. The van der Waals surface area contributed by atoms with Crippen molar-refractivity contribution in [3.05, 3.63) is 0 Å². The zero-order valence-electron chi connectivity index (χ0n) is 15.7. The molecule has 2 saturated heterocycles. The molecule has 0 saturated carbocycles. The van der Waals surface area contributed by atoms with Gasteiger partial charge in [0.15, 0.2) is 6.10 Å². The molecule has 0 aromatic carbocycles. The number of amides is 2. The molecule has 26 heavy (non-hydrogen) atoms. The fourth-order valence-electron chi connectivity index (χ4n) is 3.31. The number of nitrogens with zero attached hydrogens (tertiary/aromatic N) is 1. The van der Waals surface area contributed by atoms with Gasteiger partial charge in [-0.3, -0.25) is 19.2 Å². The van der Waals surface area contributed by atoms with Crippen LogP contribution in [0.25, 0.3) is 0 Å². The van der Waals surface area contributed by atoms with Crippen LogP contribution in [0.5, 0.6) is 0 Å². The van der Waals surface area contributed by atoms with Crippen molar-refractivity contribution in [1.29, 1.82) is 0 Å². The summed E-state index contributed by atoms with van der Waals surface area (Å²) in [5.41, 5.74) is 0. The number of carbonyl (C=O) groups is 4. The van der Waals surface area contributed by atoms with Crippen LogP contribution in [0.15, 0.2) is 0 Å². The first-order valence-corrected chi connectivity index (χ1v) is 9.17. The summed E-state index contributed by atoms with van der Waals surface area (Å²) in [6.07, 6.45) is 0.974. The highest BCUT2D eigenvalue weighted by molar-refractivity contribution is 5.86. The first kappa shape index (κ1) is 20.2. The van der Waals surface area contributed by atoms with Gasteiger partial charge in [0.05, 0.1) is 18.9 Å². The van der Waals surface area contributed by atoms with E-state index in [4.69, 9.17) is 9.47 Å². The van der Waals surface area contributed by atoms with Crippen LogP contribution in [0, 0.1) is 17.8 Å². The molecule has 0 aromatic heterocycles. The topological polar surface area (TPSA) is 102 Å². The Balaban J connectivity index is 1.92. The number of piperidine rings is 2. The Bertz CT molecular complexity index is 544. The number of methoxy groups -OCH3 is 1. The minimum atomic E-state index is -0.852. The number of ether oxygens (including phenoxy) is 2. The van der Waals surface area contributed by atoms with Crippen LogP contribution < -0.4 is 5.32 Å². The second kappa shape index (κ2) is 9.00. The Labute approximate surface area is 153 Å². The molecular formula is C18H28N2O6. The Hall–Kier alpha value is -2.12. The van der Waals surface area contributed by atoms with Gasteiger partial charge < -0.3 is 19.7 Å². The van der Waals surface area contributed by atoms with Crippen molar-refractivity contribution >= 4 is 23.8 Å². The van der Waals surface area contributed by atoms with Crippen molar-refractivity contribution in [2.45, 2.75) is 45.6 Å². The molecule has 2 aliphatic rings. The van der Waals surface area contributed by atoms with Gasteiger partial charge in [0.25, 0.3) is 5.91 Å². The summed E-state index contributed by atoms with van der Waals surface area (Å²) in [5, 5.41) is 2.65. The van der Waals surface area contributed by atoms with E-state index in [9.17, 15) is 19.2 Å². The zero-order valence-corrected chi connectivity index (χ0v) is 15.7. The van der Waals surface area contributed by atoms with Gasteiger partial charge in [-0.25, -0.2) is 0 Å². The van der Waals surface area contributed by atoms with Crippen molar-refractivity contribution in [1.82, 2.24) is 10.2 Å². The van der Waals surface area contributed by atoms with Crippen LogP contribution in [0.2, 0.25) is 0 Å². The Morgan fingerprint density at radius 1 is 1.08 bits per heavy atom. The molecule has 2 rings (SSSR count). The van der Waals surface area contributed by atoms with Gasteiger partial charge in [-0.2, -0.15) is 0 Å². The molecule has 2 atom stereocenters. The molecule has 8 heteroatoms. The van der Waals surface area contributed by atoms with Crippen LogP contribution in [0.1, 0.15) is 39.5 Å². The lowest BCUT2D eigenvalue weighted by molar-refractivity contribution is -0.168. The van der Waals surface area contributed by atoms with Gasteiger partial charge in [-0.05, 0) is 25.2 Å². The molecule has 2 aliphatic heterocycles. The molecule has 2 amide bonds. The fraction of sp³-hybridized carbons (Fsp3) is 0.778. The second-order valence-corrected chi connectivity index (χ2v) is 7.26. The van der Waals surface area contributed by atoms with Crippen LogP contribution in [-0.4, -0.2) is 61.5 Å². The van der Waals surface area contributed by atoms with Gasteiger partial charge in [0.2, 0.25) is 5.91 Å². The summed E-state index contributed by atoms with van der Waals surface area (Å²) in [7, 11) is 1.36. The predicted molar refractivity (Wildman–Crippen MR) is 91.8 cm³/mol. The van der Waals surface area contributed by atoms with Crippen molar-refractivity contribution in [2.75, 3.05) is 26.7 Å². The van der Waals surface area contributed by atoms with Crippen molar-refractivity contribution < 1.29 is 28.7 Å². The van der Waals surface area contributed by atoms with Crippen LogP contribution in [0.3, 0.4) is 0 Å². The Kier molecular flexibility index (Phi) is 6.99. The largest absolute Gasteiger partial charge is 0.469 e. The van der Waals surface area contributed by atoms with Gasteiger partial charge in [-0.15, -0.1) is 0 Å². The average Bonchev–Trinajstić information content (AvgIpc) is 2.65. The highest BCUT2D eigenvalue weighted by atomic mass is 16.5. The maximum absolute atomic E-state index is 12.8. The third-order valence-electron chi connectivity index (χ3n) is 5.03. The maximum atomic E-state index is 12.8. The van der Waals surface area contributed by atoms with E-state index in [0.717, 1.165) is 0 Å². The number of esters is 2. The predicted octanol–water partition coefficient (Wildman–Crippen LogP) is 0.492. The Morgan fingerprint density at radius 2 is 1.73 bits per heavy atom. The summed E-state index contributed by atoms with van der Waals surface area (Å²) < 4.78 is 10.3. The lowest BCUT2D eigenvalue weighted by atomic mass is 9.95. The van der Waals surface area contributed by atoms with E-state index in [2.05, 4.69) is 5.32 Å². The van der Waals surface area contributed by atoms with Crippen molar-refractivity contribution in [3.8, 4) is 0 Å². The molecule has 0 bridgehead atoms. The maximum Gasteiger partial charge on any atom is 0.311 e. The lowest BCUT2D eigenvalue weighted by Gasteiger charge is -2.34. The van der Waals surface area contributed by atoms with Crippen molar-refractivity contribution in [2.24, 2.45) is 17.8 Å². The van der Waals surface area contributed by atoms with Gasteiger partial charge in [0.1, 0.15) is 0 Å². The first-order valence-electron chi connectivity index (χ1n) is 9.17. The van der Waals surface area contributed by atoms with Crippen LogP contribution in [-0.2, 0) is 28.7 Å². The molecule has 0 spiro atoms. The summed E-state index contributed by atoms with van der Waals surface area (Å²) >= 11 is 0. The molecule has 1 N–H and O–H groups in total. The lowest BCUT2D eigenvalue weighted by Crippen LogP contribution is -2.49. The number of hydrogen-bond donors (Lipinski definition) is 1. The summed E-state index contributed by atoms with van der Waals surface area (Å²) in [6, 6.07) is 0. The highest BCUT2D eigenvalue weighted by Gasteiger charge is 2.36. The highest BCUT2D eigenvalue weighted by Crippen LogP contribution is 2.22. The molecule has 0 radical (unpaired) electrons. The minimum absolute atomic E-state index is 0.0704. The molecule has 0 aromatic rings. The third kappa shape index (κ3) is 4.95. The smallest absolute Gasteiger partial charge is 0.311 e. The van der Waals surface area contributed by atoms with Crippen LogP contribution >= 0.6 is 0 Å². The normalized spacial score (nSPS) is 22.5. The summed E-state index contributed by atoms with van der Waals surface area (Å²) in [4.78, 5) is 49.7. The quantitative estimate of drug-likeness (QED) is 0.709. The van der Waals surface area contributed by atoms with Gasteiger partial charge in [0, 0.05) is 26.1 Å². The summed E-state index contributed by atoms with van der Waals surface area (Å²) in [5.74, 6) is -1.75. The van der Waals surface area contributed by atoms with E-state index in [1.165, 1.54) is 7.11 Å². The van der Waals surface area contributed by atoms with E-state index in [1.807, 2.05) is 13.8 Å². The van der Waals surface area contributed by atoms with E-state index < -0.39 is 18.0 Å². The van der Waals surface area contributed by atoms with E-state index >= 15 is 0 Å². The van der Waals surface area contributed by atoms with Gasteiger partial charge >= 0.3 is 11.9 Å². The van der Waals surface area contributed by atoms with Gasteiger partial charge in [-0.1, -0.05) is 13.8 Å². The molecule has 146 valence electrons. The minimum Gasteiger partial charge on any atom is -0.469 e. The number of nitrogens with one attached hydrogen (secondary N) is 1. The fourth-order valence-corrected chi connectivity index (χ4v) is 3.31. The third-order valence-corrected chi connectivity index (χ3v) is 5.03.